The molecule has 3 aromatic rings. The Bertz CT molecular complexity index is 934. The van der Waals surface area contributed by atoms with Gasteiger partial charge in [0.25, 0.3) is 5.91 Å². The highest BCUT2D eigenvalue weighted by atomic mass is 16.5. The number of benzene rings is 2. The Morgan fingerprint density at radius 1 is 1.19 bits per heavy atom. The normalized spacial score (nSPS) is 15.7. The molecule has 1 amide bonds. The van der Waals surface area contributed by atoms with E-state index in [0.29, 0.717) is 18.7 Å². The minimum Gasteiger partial charge on any atom is -0.493 e. The van der Waals surface area contributed by atoms with E-state index in [0.717, 1.165) is 29.8 Å². The van der Waals surface area contributed by atoms with E-state index >= 15 is 0 Å². The average molecular weight is 361 g/mol. The lowest BCUT2D eigenvalue weighted by Crippen LogP contribution is -2.32. The topological polar surface area (TPSA) is 56.1 Å². The molecule has 2 aromatic carbocycles. The summed E-state index contributed by atoms with van der Waals surface area (Å²) in [5.74, 6) is 0.775. The Morgan fingerprint density at radius 3 is 2.78 bits per heavy atom. The Kier molecular flexibility index (Phi) is 4.92. The summed E-state index contributed by atoms with van der Waals surface area (Å²) in [6, 6.07) is 18.0. The number of aromatic nitrogens is 2. The van der Waals surface area contributed by atoms with Gasteiger partial charge in [0.2, 0.25) is 0 Å². The van der Waals surface area contributed by atoms with Gasteiger partial charge in [0.15, 0.2) is 0 Å². The molecule has 5 nitrogen and oxygen atoms in total. The van der Waals surface area contributed by atoms with Crippen LogP contribution in [-0.2, 0) is 13.0 Å². The molecule has 1 aromatic heterocycles. The lowest BCUT2D eigenvalue weighted by Gasteiger charge is -2.26. The van der Waals surface area contributed by atoms with Gasteiger partial charge in [-0.25, -0.2) is 0 Å². The van der Waals surface area contributed by atoms with Gasteiger partial charge in [0.1, 0.15) is 5.75 Å². The molecule has 0 fully saturated rings. The molecule has 1 aliphatic rings. The number of amides is 1. The van der Waals surface area contributed by atoms with Crippen molar-refractivity contribution in [3.63, 3.8) is 0 Å². The number of nitrogens with zero attached hydrogens (tertiary/aromatic N) is 2. The van der Waals surface area contributed by atoms with E-state index in [1.807, 2.05) is 47.1 Å². The molecule has 0 saturated carbocycles. The summed E-state index contributed by atoms with van der Waals surface area (Å²) in [7, 11) is 0. The number of para-hydroxylation sites is 1. The Balaban J connectivity index is 1.55. The van der Waals surface area contributed by atoms with Gasteiger partial charge < -0.3 is 10.1 Å². The average Bonchev–Trinajstić information content (AvgIpc) is 3.11. The SMILES string of the molecule is CCc1c(C(=O)NC2CCOc3ccccc32)cnn1Cc1ccccc1. The van der Waals surface area contributed by atoms with Crippen LogP contribution in [0, 0.1) is 0 Å². The number of carbonyl (C=O) groups excluding carboxylic acids is 1. The largest absolute Gasteiger partial charge is 0.493 e. The van der Waals surface area contributed by atoms with E-state index in [-0.39, 0.29) is 11.9 Å². The maximum absolute atomic E-state index is 13.0. The van der Waals surface area contributed by atoms with Crippen molar-refractivity contribution < 1.29 is 9.53 Å². The molecule has 1 aliphatic heterocycles. The second-order valence-electron chi connectivity index (χ2n) is 6.70. The van der Waals surface area contributed by atoms with Crippen LogP contribution in [-0.4, -0.2) is 22.3 Å². The molecule has 1 N–H and O–H groups in total. The lowest BCUT2D eigenvalue weighted by molar-refractivity contribution is 0.0923. The van der Waals surface area contributed by atoms with Gasteiger partial charge in [-0.1, -0.05) is 55.5 Å². The van der Waals surface area contributed by atoms with Crippen LogP contribution in [0.15, 0.2) is 60.8 Å². The van der Waals surface area contributed by atoms with Crippen molar-refractivity contribution in [2.45, 2.75) is 32.4 Å². The van der Waals surface area contributed by atoms with Crippen LogP contribution < -0.4 is 10.1 Å². The highest BCUT2D eigenvalue weighted by molar-refractivity contribution is 5.95. The van der Waals surface area contributed by atoms with Crippen LogP contribution in [0.25, 0.3) is 0 Å². The van der Waals surface area contributed by atoms with Crippen LogP contribution in [0.5, 0.6) is 5.75 Å². The van der Waals surface area contributed by atoms with Crippen molar-refractivity contribution >= 4 is 5.91 Å². The van der Waals surface area contributed by atoms with Crippen molar-refractivity contribution in [1.29, 1.82) is 0 Å². The zero-order valence-corrected chi connectivity index (χ0v) is 15.4. The number of ether oxygens (including phenoxy) is 1. The molecule has 0 saturated heterocycles. The Labute approximate surface area is 159 Å². The van der Waals surface area contributed by atoms with Gasteiger partial charge >= 0.3 is 0 Å². The first kappa shape index (κ1) is 17.3. The van der Waals surface area contributed by atoms with Crippen LogP contribution in [0.2, 0.25) is 0 Å². The van der Waals surface area contributed by atoms with Crippen LogP contribution in [0.4, 0.5) is 0 Å². The van der Waals surface area contributed by atoms with E-state index in [1.165, 1.54) is 5.56 Å². The standard InChI is InChI=1S/C22H23N3O2/c1-2-20-18(14-23-25(20)15-16-8-4-3-5-9-16)22(26)24-19-12-13-27-21-11-7-6-10-17(19)21/h3-11,14,19H,2,12-13,15H2,1H3,(H,24,26). The van der Waals surface area contributed by atoms with Crippen molar-refractivity contribution in [3.8, 4) is 5.75 Å². The number of rotatable bonds is 5. The van der Waals surface area contributed by atoms with Crippen molar-refractivity contribution in [2.75, 3.05) is 6.61 Å². The van der Waals surface area contributed by atoms with Gasteiger partial charge in [-0.3, -0.25) is 9.48 Å². The first-order valence-electron chi connectivity index (χ1n) is 9.37. The molecule has 1 unspecified atom stereocenters. The molecule has 4 rings (SSSR count). The molecule has 1 atom stereocenters. The zero-order chi connectivity index (χ0) is 18.6. The number of hydrogen-bond acceptors (Lipinski definition) is 3. The second-order valence-corrected chi connectivity index (χ2v) is 6.70. The number of nitrogens with one attached hydrogen (secondary N) is 1. The maximum atomic E-state index is 13.0. The highest BCUT2D eigenvalue weighted by Gasteiger charge is 2.25. The molecule has 2 heterocycles. The molecule has 0 bridgehead atoms. The van der Waals surface area contributed by atoms with Crippen molar-refractivity contribution in [2.24, 2.45) is 0 Å². The van der Waals surface area contributed by atoms with Gasteiger partial charge in [-0.05, 0) is 18.1 Å². The molecule has 5 heteroatoms. The molecule has 0 spiro atoms. The summed E-state index contributed by atoms with van der Waals surface area (Å²) < 4.78 is 7.61. The lowest BCUT2D eigenvalue weighted by atomic mass is 10.00. The van der Waals surface area contributed by atoms with Gasteiger partial charge in [-0.15, -0.1) is 0 Å². The van der Waals surface area contributed by atoms with Gasteiger partial charge in [0, 0.05) is 12.0 Å². The molecule has 138 valence electrons. The van der Waals surface area contributed by atoms with E-state index in [2.05, 4.69) is 29.5 Å². The summed E-state index contributed by atoms with van der Waals surface area (Å²) in [5, 5.41) is 7.64. The zero-order valence-electron chi connectivity index (χ0n) is 15.4. The fourth-order valence-electron chi connectivity index (χ4n) is 3.59. The third-order valence-corrected chi connectivity index (χ3v) is 4.97. The van der Waals surface area contributed by atoms with Crippen molar-refractivity contribution in [1.82, 2.24) is 15.1 Å². The fourth-order valence-corrected chi connectivity index (χ4v) is 3.59. The Hall–Kier alpha value is -3.08. The monoisotopic (exact) mass is 361 g/mol. The predicted octanol–water partition coefficient (Wildman–Crippen LogP) is 3.75. The van der Waals surface area contributed by atoms with E-state index < -0.39 is 0 Å². The smallest absolute Gasteiger partial charge is 0.255 e. The van der Waals surface area contributed by atoms with E-state index in [1.54, 1.807) is 6.20 Å². The minimum atomic E-state index is -0.0761. The van der Waals surface area contributed by atoms with E-state index in [4.69, 9.17) is 4.74 Å². The second kappa shape index (κ2) is 7.66. The van der Waals surface area contributed by atoms with Gasteiger partial charge in [-0.2, -0.15) is 5.10 Å². The van der Waals surface area contributed by atoms with Crippen molar-refractivity contribution in [3.05, 3.63) is 83.2 Å². The molecular formula is C22H23N3O2. The molecule has 0 aliphatic carbocycles. The molecular weight excluding hydrogens is 338 g/mol. The summed E-state index contributed by atoms with van der Waals surface area (Å²) in [5.41, 5.74) is 3.81. The first-order valence-corrected chi connectivity index (χ1v) is 9.37. The fraction of sp³-hybridized carbons (Fsp3) is 0.273. The number of hydrogen-bond donors (Lipinski definition) is 1. The van der Waals surface area contributed by atoms with Crippen LogP contribution in [0.1, 0.15) is 46.6 Å². The number of fused-ring (bicyclic) bond motifs is 1. The summed E-state index contributed by atoms with van der Waals surface area (Å²) in [6.45, 7) is 3.33. The Morgan fingerprint density at radius 2 is 1.96 bits per heavy atom. The number of carbonyl (C=O) groups is 1. The third kappa shape index (κ3) is 3.58. The maximum Gasteiger partial charge on any atom is 0.255 e. The van der Waals surface area contributed by atoms with E-state index in [9.17, 15) is 4.79 Å². The molecule has 27 heavy (non-hydrogen) atoms. The highest BCUT2D eigenvalue weighted by Crippen LogP contribution is 2.31. The molecule has 0 radical (unpaired) electrons. The van der Waals surface area contributed by atoms with Crippen LogP contribution in [0.3, 0.4) is 0 Å². The van der Waals surface area contributed by atoms with Crippen LogP contribution >= 0.6 is 0 Å². The summed E-state index contributed by atoms with van der Waals surface area (Å²) in [4.78, 5) is 13.0. The first-order chi connectivity index (χ1) is 13.3. The quantitative estimate of drug-likeness (QED) is 0.753. The summed E-state index contributed by atoms with van der Waals surface area (Å²) in [6.07, 6.45) is 3.20. The third-order valence-electron chi connectivity index (χ3n) is 4.97. The summed E-state index contributed by atoms with van der Waals surface area (Å²) >= 11 is 0. The minimum absolute atomic E-state index is 0.0374. The predicted molar refractivity (Wildman–Crippen MR) is 104 cm³/mol. The van der Waals surface area contributed by atoms with Gasteiger partial charge in [0.05, 0.1) is 36.6 Å².